The Labute approximate surface area is 112 Å². The molecule has 0 saturated heterocycles. The predicted molar refractivity (Wildman–Crippen MR) is 66.8 cm³/mol. The van der Waals surface area contributed by atoms with Crippen LogP contribution in [0.15, 0.2) is 35.8 Å². The molecule has 0 spiro atoms. The Morgan fingerprint density at radius 1 is 0.850 bits per heavy atom. The van der Waals surface area contributed by atoms with Crippen molar-refractivity contribution in [2.45, 2.75) is 0 Å². The average molecular weight is 274 g/mol. The van der Waals surface area contributed by atoms with Crippen molar-refractivity contribution in [3.8, 4) is 11.5 Å². The molecule has 4 N–H and O–H groups in total. The number of benzene rings is 1. The zero-order chi connectivity index (χ0) is 14.6. The Balaban J connectivity index is 2.30. The quantitative estimate of drug-likeness (QED) is 0.534. The SMILES string of the molecule is O=C1c2c(O)ccc(O)c2C(=O)C2C(O)=C(O)C=CC12. The van der Waals surface area contributed by atoms with E-state index in [2.05, 4.69) is 0 Å². The highest BCUT2D eigenvalue weighted by Gasteiger charge is 2.47. The molecule has 0 radical (unpaired) electrons. The lowest BCUT2D eigenvalue weighted by molar-refractivity contribution is 0.0742. The summed E-state index contributed by atoms with van der Waals surface area (Å²) in [4.78, 5) is 24.7. The first-order valence-corrected chi connectivity index (χ1v) is 5.87. The summed E-state index contributed by atoms with van der Waals surface area (Å²) in [5.41, 5.74) is -0.582. The van der Waals surface area contributed by atoms with Crippen LogP contribution in [0.1, 0.15) is 20.7 Å². The van der Waals surface area contributed by atoms with Crippen LogP contribution >= 0.6 is 0 Å². The maximum atomic E-state index is 12.4. The summed E-state index contributed by atoms with van der Waals surface area (Å²) in [6.07, 6.45) is 2.43. The Hall–Kier alpha value is -2.76. The summed E-state index contributed by atoms with van der Waals surface area (Å²) in [5, 5.41) is 38.8. The fourth-order valence-corrected chi connectivity index (χ4v) is 2.65. The van der Waals surface area contributed by atoms with Gasteiger partial charge < -0.3 is 20.4 Å². The number of aliphatic hydroxyl groups excluding tert-OH is 2. The number of aliphatic hydroxyl groups is 2. The standard InChI is InChI=1S/C14H10O6/c15-6-3-4-7(16)11-10(6)12(18)5-1-2-8(17)13(19)9(5)14(11)20/h1-5,9,15-17,19H. The van der Waals surface area contributed by atoms with Gasteiger partial charge in [0.2, 0.25) is 0 Å². The van der Waals surface area contributed by atoms with Gasteiger partial charge >= 0.3 is 0 Å². The van der Waals surface area contributed by atoms with E-state index in [9.17, 15) is 30.0 Å². The second-order valence-corrected chi connectivity index (χ2v) is 4.72. The lowest BCUT2D eigenvalue weighted by Crippen LogP contribution is -2.38. The highest BCUT2D eigenvalue weighted by Crippen LogP contribution is 2.43. The van der Waals surface area contributed by atoms with Gasteiger partial charge in [0.15, 0.2) is 17.3 Å². The van der Waals surface area contributed by atoms with Crippen LogP contribution in [0.4, 0.5) is 0 Å². The van der Waals surface area contributed by atoms with Crippen molar-refractivity contribution in [3.63, 3.8) is 0 Å². The molecule has 0 aromatic heterocycles. The maximum Gasteiger partial charge on any atom is 0.179 e. The minimum Gasteiger partial charge on any atom is -0.508 e. The number of carbonyl (C=O) groups excluding carboxylic acids is 2. The molecule has 1 aromatic rings. The van der Waals surface area contributed by atoms with Crippen molar-refractivity contribution in [2.75, 3.05) is 0 Å². The minimum absolute atomic E-state index is 0.255. The van der Waals surface area contributed by atoms with E-state index in [0.29, 0.717) is 0 Å². The number of allylic oxidation sites excluding steroid dienone is 3. The second-order valence-electron chi connectivity index (χ2n) is 4.72. The van der Waals surface area contributed by atoms with Gasteiger partial charge in [0, 0.05) is 0 Å². The third-order valence-electron chi connectivity index (χ3n) is 3.62. The van der Waals surface area contributed by atoms with Crippen molar-refractivity contribution >= 4 is 11.6 Å². The second kappa shape index (κ2) is 3.86. The zero-order valence-corrected chi connectivity index (χ0v) is 10.1. The lowest BCUT2D eigenvalue weighted by atomic mass is 9.70. The van der Waals surface area contributed by atoms with Crippen LogP contribution in [-0.4, -0.2) is 32.0 Å². The normalized spacial score (nSPS) is 24.6. The number of Topliss-reactive ketones (excluding diaryl/α,β-unsaturated/α-hetero) is 2. The number of carbonyl (C=O) groups is 2. The Kier molecular flexibility index (Phi) is 2.37. The largest absolute Gasteiger partial charge is 0.508 e. The van der Waals surface area contributed by atoms with Gasteiger partial charge in [-0.3, -0.25) is 9.59 Å². The Bertz CT molecular complexity index is 713. The molecule has 1 aromatic carbocycles. The molecule has 0 heterocycles. The molecule has 2 atom stereocenters. The molecule has 0 aliphatic heterocycles. The molecular formula is C14H10O6. The van der Waals surface area contributed by atoms with Gasteiger partial charge in [0.05, 0.1) is 23.0 Å². The van der Waals surface area contributed by atoms with E-state index in [1.54, 1.807) is 0 Å². The topological polar surface area (TPSA) is 115 Å². The molecular weight excluding hydrogens is 264 g/mol. The van der Waals surface area contributed by atoms with Crippen molar-refractivity contribution in [1.82, 2.24) is 0 Å². The Morgan fingerprint density at radius 2 is 1.40 bits per heavy atom. The number of hydrogen-bond donors (Lipinski definition) is 4. The van der Waals surface area contributed by atoms with Gasteiger partial charge in [0.1, 0.15) is 17.3 Å². The number of rotatable bonds is 0. The number of aromatic hydroxyl groups is 2. The molecule has 6 heteroatoms. The Morgan fingerprint density at radius 3 is 2.00 bits per heavy atom. The first-order chi connectivity index (χ1) is 9.43. The van der Waals surface area contributed by atoms with E-state index in [4.69, 9.17) is 0 Å². The van der Waals surface area contributed by atoms with E-state index in [0.717, 1.165) is 18.2 Å². The van der Waals surface area contributed by atoms with Crippen LogP contribution in [0, 0.1) is 11.8 Å². The summed E-state index contributed by atoms with van der Waals surface area (Å²) in [5.74, 6) is -5.52. The molecule has 2 unspecified atom stereocenters. The molecule has 102 valence electrons. The molecule has 0 fully saturated rings. The first-order valence-electron chi connectivity index (χ1n) is 5.87. The van der Waals surface area contributed by atoms with Crippen LogP contribution in [-0.2, 0) is 0 Å². The van der Waals surface area contributed by atoms with E-state index >= 15 is 0 Å². The van der Waals surface area contributed by atoms with E-state index in [-0.39, 0.29) is 11.1 Å². The summed E-state index contributed by atoms with van der Waals surface area (Å²) >= 11 is 0. The molecule has 0 saturated carbocycles. The third kappa shape index (κ3) is 1.38. The molecule has 2 aliphatic rings. The van der Waals surface area contributed by atoms with Crippen LogP contribution in [0.3, 0.4) is 0 Å². The van der Waals surface area contributed by atoms with Gasteiger partial charge in [-0.15, -0.1) is 0 Å². The zero-order valence-electron chi connectivity index (χ0n) is 10.1. The van der Waals surface area contributed by atoms with Crippen molar-refractivity contribution in [1.29, 1.82) is 0 Å². The van der Waals surface area contributed by atoms with Crippen LogP contribution in [0.5, 0.6) is 11.5 Å². The third-order valence-corrected chi connectivity index (χ3v) is 3.62. The van der Waals surface area contributed by atoms with Crippen LogP contribution in [0.25, 0.3) is 0 Å². The van der Waals surface area contributed by atoms with E-state index < -0.39 is 46.4 Å². The summed E-state index contributed by atoms with van der Waals surface area (Å²) in [6.45, 7) is 0. The average Bonchev–Trinajstić information content (AvgIpc) is 2.41. The number of fused-ring (bicyclic) bond motifs is 2. The monoisotopic (exact) mass is 274 g/mol. The molecule has 0 amide bonds. The molecule has 20 heavy (non-hydrogen) atoms. The first kappa shape index (κ1) is 12.3. The fourth-order valence-electron chi connectivity index (χ4n) is 2.65. The minimum atomic E-state index is -1.27. The molecule has 0 bridgehead atoms. The van der Waals surface area contributed by atoms with Crippen molar-refractivity contribution < 1.29 is 30.0 Å². The summed E-state index contributed by atoms with van der Waals surface area (Å²) in [7, 11) is 0. The maximum absolute atomic E-state index is 12.4. The summed E-state index contributed by atoms with van der Waals surface area (Å²) in [6, 6.07) is 2.22. The molecule has 6 nitrogen and oxygen atoms in total. The van der Waals surface area contributed by atoms with Gasteiger partial charge in [0.25, 0.3) is 0 Å². The smallest absolute Gasteiger partial charge is 0.179 e. The number of phenols is 2. The lowest BCUT2D eigenvalue weighted by Gasteiger charge is -2.31. The predicted octanol–water partition coefficient (Wildman–Crippen LogP) is 1.61. The number of ketones is 2. The van der Waals surface area contributed by atoms with Crippen molar-refractivity contribution in [3.05, 3.63) is 46.9 Å². The van der Waals surface area contributed by atoms with Gasteiger partial charge in [-0.05, 0) is 18.2 Å². The highest BCUT2D eigenvalue weighted by molar-refractivity contribution is 6.20. The van der Waals surface area contributed by atoms with Gasteiger partial charge in [-0.1, -0.05) is 6.08 Å². The van der Waals surface area contributed by atoms with Crippen LogP contribution in [0.2, 0.25) is 0 Å². The van der Waals surface area contributed by atoms with Crippen molar-refractivity contribution in [2.24, 2.45) is 11.8 Å². The highest BCUT2D eigenvalue weighted by atomic mass is 16.3. The number of phenolic OH excluding ortho intramolecular Hbond substituents is 2. The van der Waals surface area contributed by atoms with Gasteiger partial charge in [-0.25, -0.2) is 0 Å². The summed E-state index contributed by atoms with van der Waals surface area (Å²) < 4.78 is 0. The van der Waals surface area contributed by atoms with Crippen LogP contribution < -0.4 is 0 Å². The van der Waals surface area contributed by atoms with E-state index in [1.807, 2.05) is 0 Å². The fraction of sp³-hybridized carbons (Fsp3) is 0.143. The molecule has 2 aliphatic carbocycles. The van der Waals surface area contributed by atoms with Gasteiger partial charge in [-0.2, -0.15) is 0 Å². The molecule has 3 rings (SSSR count). The number of hydrogen-bond acceptors (Lipinski definition) is 6. The van der Waals surface area contributed by atoms with E-state index in [1.165, 1.54) is 6.08 Å².